The van der Waals surface area contributed by atoms with Crippen molar-refractivity contribution in [3.63, 3.8) is 0 Å². The zero-order valence-corrected chi connectivity index (χ0v) is 15.8. The maximum absolute atomic E-state index is 5.90. The molecule has 0 saturated carbocycles. The maximum Gasteiger partial charge on any atom is 0.191 e. The molecule has 1 atom stereocenters. The molecule has 140 valence electrons. The van der Waals surface area contributed by atoms with E-state index in [-0.39, 0.29) is 6.10 Å². The minimum absolute atomic E-state index is 0.0301. The summed E-state index contributed by atoms with van der Waals surface area (Å²) in [4.78, 5) is 4.24. The smallest absolute Gasteiger partial charge is 0.191 e. The van der Waals surface area contributed by atoms with E-state index < -0.39 is 0 Å². The second-order valence-electron chi connectivity index (χ2n) is 5.77. The molecule has 0 amide bonds. The summed E-state index contributed by atoms with van der Waals surface area (Å²) in [6.07, 6.45) is -0.0301. The molecular weight excluding hydrogens is 330 g/mol. The first kappa shape index (κ1) is 19.4. The lowest BCUT2D eigenvalue weighted by atomic mass is 10.2. The number of nitrogens with zero attached hydrogens (tertiary/aromatic N) is 1. The van der Waals surface area contributed by atoms with Crippen molar-refractivity contribution in [2.24, 2.45) is 4.99 Å². The molecule has 0 saturated heterocycles. The monoisotopic (exact) mass is 357 g/mol. The van der Waals surface area contributed by atoms with Gasteiger partial charge in [0.2, 0.25) is 0 Å². The Labute approximate surface area is 155 Å². The van der Waals surface area contributed by atoms with Crippen LogP contribution in [0.3, 0.4) is 0 Å². The van der Waals surface area contributed by atoms with E-state index >= 15 is 0 Å². The fraction of sp³-hybridized carbons (Fsp3) is 0.350. The van der Waals surface area contributed by atoms with Crippen LogP contribution in [0.15, 0.2) is 53.5 Å². The number of aliphatic imine (C=N–C) groups is 1. The minimum Gasteiger partial charge on any atom is -0.497 e. The van der Waals surface area contributed by atoms with Gasteiger partial charge in [0.1, 0.15) is 23.4 Å². The Bertz CT molecular complexity index is 719. The van der Waals surface area contributed by atoms with Crippen LogP contribution in [0.2, 0.25) is 0 Å². The van der Waals surface area contributed by atoms with Crippen LogP contribution >= 0.6 is 0 Å². The van der Waals surface area contributed by atoms with Gasteiger partial charge in [0.15, 0.2) is 5.96 Å². The van der Waals surface area contributed by atoms with Crippen molar-refractivity contribution in [1.82, 2.24) is 10.6 Å². The van der Waals surface area contributed by atoms with Gasteiger partial charge in [-0.1, -0.05) is 18.2 Å². The summed E-state index contributed by atoms with van der Waals surface area (Å²) >= 11 is 0. The number of rotatable bonds is 8. The molecule has 0 fully saturated rings. The van der Waals surface area contributed by atoms with Crippen LogP contribution in [0.25, 0.3) is 0 Å². The highest BCUT2D eigenvalue weighted by Gasteiger charge is 2.07. The van der Waals surface area contributed by atoms with E-state index in [9.17, 15) is 0 Å². The molecule has 0 aromatic heterocycles. The molecule has 0 radical (unpaired) electrons. The molecule has 0 bridgehead atoms. The van der Waals surface area contributed by atoms with E-state index in [0.29, 0.717) is 19.0 Å². The van der Waals surface area contributed by atoms with Gasteiger partial charge in [-0.05, 0) is 36.8 Å². The van der Waals surface area contributed by atoms with Gasteiger partial charge in [0.25, 0.3) is 0 Å². The molecule has 1 unspecified atom stereocenters. The Hall–Kier alpha value is -2.89. The summed E-state index contributed by atoms with van der Waals surface area (Å²) in [5.74, 6) is 3.11. The quantitative estimate of drug-likeness (QED) is 0.562. The molecule has 6 nitrogen and oxygen atoms in total. The molecule has 2 aromatic rings. The third-order valence-electron chi connectivity index (χ3n) is 3.75. The summed E-state index contributed by atoms with van der Waals surface area (Å²) in [6.45, 7) is 3.28. The van der Waals surface area contributed by atoms with Crippen molar-refractivity contribution >= 4 is 5.96 Å². The van der Waals surface area contributed by atoms with E-state index in [2.05, 4.69) is 15.6 Å². The van der Waals surface area contributed by atoms with E-state index in [0.717, 1.165) is 22.8 Å². The normalized spacial score (nSPS) is 12.2. The molecule has 0 aliphatic rings. The van der Waals surface area contributed by atoms with E-state index in [4.69, 9.17) is 14.2 Å². The predicted octanol–water partition coefficient (Wildman–Crippen LogP) is 2.84. The molecule has 0 aliphatic heterocycles. The zero-order chi connectivity index (χ0) is 18.8. The highest BCUT2D eigenvalue weighted by atomic mass is 16.5. The van der Waals surface area contributed by atoms with Gasteiger partial charge in [0, 0.05) is 19.7 Å². The standard InChI is InChI=1S/C20H27N3O3/c1-15(26-19-10-6-9-18(12-19)25-4)13-22-20(21-2)23-14-16-7-5-8-17(11-16)24-3/h5-12,15H,13-14H2,1-4H3,(H2,21,22,23). The Kier molecular flexibility index (Phi) is 7.61. The number of hydrogen-bond donors (Lipinski definition) is 2. The number of guanidine groups is 1. The van der Waals surface area contributed by atoms with E-state index in [1.54, 1.807) is 21.3 Å². The van der Waals surface area contributed by atoms with Crippen molar-refractivity contribution in [3.8, 4) is 17.2 Å². The lowest BCUT2D eigenvalue weighted by Crippen LogP contribution is -2.41. The van der Waals surface area contributed by atoms with Crippen molar-refractivity contribution in [2.75, 3.05) is 27.8 Å². The third kappa shape index (κ3) is 6.20. The number of hydrogen-bond acceptors (Lipinski definition) is 4. The third-order valence-corrected chi connectivity index (χ3v) is 3.75. The average molecular weight is 357 g/mol. The summed E-state index contributed by atoms with van der Waals surface area (Å²) in [5.41, 5.74) is 1.12. The maximum atomic E-state index is 5.90. The molecule has 2 rings (SSSR count). The number of nitrogens with one attached hydrogen (secondary N) is 2. The molecule has 0 heterocycles. The summed E-state index contributed by atoms with van der Waals surface area (Å²) in [6, 6.07) is 15.5. The highest BCUT2D eigenvalue weighted by molar-refractivity contribution is 5.79. The average Bonchev–Trinajstić information content (AvgIpc) is 2.68. The second-order valence-corrected chi connectivity index (χ2v) is 5.77. The Balaban J connectivity index is 1.80. The molecular formula is C20H27N3O3. The molecule has 2 N–H and O–H groups in total. The van der Waals surface area contributed by atoms with Gasteiger partial charge >= 0.3 is 0 Å². The van der Waals surface area contributed by atoms with E-state index in [1.165, 1.54) is 0 Å². The molecule has 6 heteroatoms. The van der Waals surface area contributed by atoms with Crippen molar-refractivity contribution < 1.29 is 14.2 Å². The Morgan fingerprint density at radius 3 is 2.31 bits per heavy atom. The van der Waals surface area contributed by atoms with E-state index in [1.807, 2.05) is 55.5 Å². The lowest BCUT2D eigenvalue weighted by molar-refractivity contribution is 0.223. The predicted molar refractivity (Wildman–Crippen MR) is 104 cm³/mol. The lowest BCUT2D eigenvalue weighted by Gasteiger charge is -2.18. The van der Waals surface area contributed by atoms with Gasteiger partial charge in [-0.25, -0.2) is 0 Å². The van der Waals surface area contributed by atoms with Gasteiger partial charge < -0.3 is 24.8 Å². The number of benzene rings is 2. The molecule has 26 heavy (non-hydrogen) atoms. The fourth-order valence-electron chi connectivity index (χ4n) is 2.38. The number of ether oxygens (including phenoxy) is 3. The minimum atomic E-state index is -0.0301. The fourth-order valence-corrected chi connectivity index (χ4v) is 2.38. The van der Waals surface area contributed by atoms with Gasteiger partial charge in [-0.3, -0.25) is 4.99 Å². The largest absolute Gasteiger partial charge is 0.497 e. The van der Waals surface area contributed by atoms with Crippen LogP contribution in [0.1, 0.15) is 12.5 Å². The first-order valence-electron chi connectivity index (χ1n) is 8.52. The Morgan fingerprint density at radius 1 is 0.962 bits per heavy atom. The topological polar surface area (TPSA) is 64.1 Å². The zero-order valence-electron chi connectivity index (χ0n) is 15.8. The van der Waals surface area contributed by atoms with Crippen LogP contribution in [-0.2, 0) is 6.54 Å². The summed E-state index contributed by atoms with van der Waals surface area (Å²) < 4.78 is 16.4. The van der Waals surface area contributed by atoms with Gasteiger partial charge in [-0.2, -0.15) is 0 Å². The second kappa shape index (κ2) is 10.2. The summed E-state index contributed by atoms with van der Waals surface area (Å²) in [7, 11) is 5.05. The number of methoxy groups -OCH3 is 2. The highest BCUT2D eigenvalue weighted by Crippen LogP contribution is 2.19. The molecule has 0 aliphatic carbocycles. The molecule has 2 aromatic carbocycles. The van der Waals surface area contributed by atoms with Crippen LogP contribution in [0.4, 0.5) is 0 Å². The summed E-state index contributed by atoms with van der Waals surface area (Å²) in [5, 5.41) is 6.55. The van der Waals surface area contributed by atoms with Crippen LogP contribution in [0, 0.1) is 0 Å². The first-order chi connectivity index (χ1) is 12.6. The van der Waals surface area contributed by atoms with Crippen molar-refractivity contribution in [1.29, 1.82) is 0 Å². The van der Waals surface area contributed by atoms with Crippen LogP contribution < -0.4 is 24.8 Å². The van der Waals surface area contributed by atoms with Crippen molar-refractivity contribution in [3.05, 3.63) is 54.1 Å². The van der Waals surface area contributed by atoms with Crippen molar-refractivity contribution in [2.45, 2.75) is 19.6 Å². The van der Waals surface area contributed by atoms with Gasteiger partial charge in [-0.15, -0.1) is 0 Å². The van der Waals surface area contributed by atoms with Crippen LogP contribution in [0.5, 0.6) is 17.2 Å². The van der Waals surface area contributed by atoms with Gasteiger partial charge in [0.05, 0.1) is 20.8 Å². The Morgan fingerprint density at radius 2 is 1.62 bits per heavy atom. The first-order valence-corrected chi connectivity index (χ1v) is 8.52. The molecule has 0 spiro atoms. The SMILES string of the molecule is CN=C(NCc1cccc(OC)c1)NCC(C)Oc1cccc(OC)c1. The van der Waals surface area contributed by atoms with Crippen LogP contribution in [-0.4, -0.2) is 39.9 Å².